The van der Waals surface area contributed by atoms with E-state index in [1.54, 1.807) is 18.2 Å². The molecule has 2 aromatic carbocycles. The number of benzene rings is 2. The van der Waals surface area contributed by atoms with Crippen LogP contribution >= 0.6 is 11.3 Å². The van der Waals surface area contributed by atoms with E-state index in [0.717, 1.165) is 29.5 Å². The first-order chi connectivity index (χ1) is 19.0. The summed E-state index contributed by atoms with van der Waals surface area (Å²) in [6.45, 7) is 1.92. The van der Waals surface area contributed by atoms with E-state index in [9.17, 15) is 21.6 Å². The van der Waals surface area contributed by atoms with Gasteiger partial charge in [-0.05, 0) is 42.0 Å². The van der Waals surface area contributed by atoms with Crippen LogP contribution < -0.4 is 15.4 Å². The predicted octanol–water partition coefficient (Wildman–Crippen LogP) is 5.49. The van der Waals surface area contributed by atoms with Gasteiger partial charge in [0.25, 0.3) is 0 Å². The van der Waals surface area contributed by atoms with Gasteiger partial charge in [0.15, 0.2) is 9.84 Å². The monoisotopic (exact) mass is 596 g/mol. The van der Waals surface area contributed by atoms with E-state index in [1.165, 1.54) is 30.6 Å². The number of fused-ring (bicyclic) bond motifs is 1. The van der Waals surface area contributed by atoms with Gasteiger partial charge < -0.3 is 24.8 Å². The zero-order chi connectivity index (χ0) is 28.8. The number of thiophene rings is 1. The van der Waals surface area contributed by atoms with Crippen LogP contribution in [0, 0.1) is 11.8 Å². The van der Waals surface area contributed by atoms with E-state index in [0.29, 0.717) is 41.5 Å². The molecule has 2 heterocycles. The molecular formula is C28H31F3N2O5S2. The van der Waals surface area contributed by atoms with Gasteiger partial charge in [-0.1, -0.05) is 24.0 Å². The molecule has 0 unspecified atom stereocenters. The molecule has 4 rings (SSSR count). The quantitative estimate of drug-likeness (QED) is 0.237. The van der Waals surface area contributed by atoms with Crippen LogP contribution in [0.4, 0.5) is 24.5 Å². The van der Waals surface area contributed by atoms with Gasteiger partial charge in [-0.2, -0.15) is 13.2 Å². The van der Waals surface area contributed by atoms with Crippen LogP contribution in [0.15, 0.2) is 41.3 Å². The first-order valence-corrected chi connectivity index (χ1v) is 15.4. The Morgan fingerprint density at radius 2 is 1.90 bits per heavy atom. The molecule has 0 atom stereocenters. The van der Waals surface area contributed by atoms with Crippen LogP contribution in [0.1, 0.15) is 23.3 Å². The fourth-order valence-corrected chi connectivity index (χ4v) is 6.13. The van der Waals surface area contributed by atoms with Crippen molar-refractivity contribution in [1.82, 2.24) is 0 Å². The SMILES string of the molecule is COCCOc1cc(S(C)(=O)=O)ccc1NCC#Cc1sc2c(NC3CCOCC3)cccc2c1CC(F)(F)F. The molecule has 216 valence electrons. The molecule has 0 bridgehead atoms. The molecule has 1 saturated heterocycles. The zero-order valence-corrected chi connectivity index (χ0v) is 23.8. The maximum atomic E-state index is 13.5. The lowest BCUT2D eigenvalue weighted by atomic mass is 10.1. The van der Waals surface area contributed by atoms with Crippen LogP contribution in [0.25, 0.3) is 10.1 Å². The van der Waals surface area contributed by atoms with E-state index in [4.69, 9.17) is 14.2 Å². The van der Waals surface area contributed by atoms with E-state index in [1.807, 2.05) is 6.07 Å². The summed E-state index contributed by atoms with van der Waals surface area (Å²) in [5.74, 6) is 6.17. The average molecular weight is 597 g/mol. The van der Waals surface area contributed by atoms with Crippen molar-refractivity contribution in [3.63, 3.8) is 0 Å². The number of ether oxygens (including phenoxy) is 3. The minimum absolute atomic E-state index is 0.101. The van der Waals surface area contributed by atoms with Gasteiger partial charge in [0.2, 0.25) is 0 Å². The van der Waals surface area contributed by atoms with Gasteiger partial charge in [0.05, 0.1) is 45.4 Å². The highest BCUT2D eigenvalue weighted by Crippen LogP contribution is 2.39. The molecule has 1 aliphatic rings. The lowest BCUT2D eigenvalue weighted by Gasteiger charge is -2.24. The van der Waals surface area contributed by atoms with Crippen molar-refractivity contribution in [3.8, 4) is 17.6 Å². The Hall–Kier alpha value is -2.98. The van der Waals surface area contributed by atoms with Crippen molar-refractivity contribution in [2.75, 3.05) is 57.0 Å². The fraction of sp³-hybridized carbons (Fsp3) is 0.429. The second kappa shape index (κ2) is 13.1. The van der Waals surface area contributed by atoms with Crippen molar-refractivity contribution in [2.45, 2.75) is 36.4 Å². The molecule has 40 heavy (non-hydrogen) atoms. The van der Waals surface area contributed by atoms with Crippen molar-refractivity contribution in [3.05, 3.63) is 46.8 Å². The lowest BCUT2D eigenvalue weighted by molar-refractivity contribution is -0.126. The van der Waals surface area contributed by atoms with Crippen LogP contribution in [0.2, 0.25) is 0 Å². The summed E-state index contributed by atoms with van der Waals surface area (Å²) in [6, 6.07) is 9.99. The standard InChI is InChI=1S/C28H31F3N2O5S2/c1-36-15-16-38-25-17-20(40(2,34)35)8-9-23(25)32-12-4-7-26-22(18-28(29,30)31)21-5-3-6-24(27(21)39-26)33-19-10-13-37-14-11-19/h3,5-6,8-9,17,19,32-33H,10-16,18H2,1-2H3. The number of sulfone groups is 1. The average Bonchev–Trinajstić information content (AvgIpc) is 3.24. The number of methoxy groups -OCH3 is 1. The molecule has 0 saturated carbocycles. The molecular weight excluding hydrogens is 565 g/mol. The zero-order valence-electron chi connectivity index (χ0n) is 22.2. The molecule has 7 nitrogen and oxygen atoms in total. The highest BCUT2D eigenvalue weighted by molar-refractivity contribution is 7.90. The maximum Gasteiger partial charge on any atom is 0.393 e. The topological polar surface area (TPSA) is 85.9 Å². The van der Waals surface area contributed by atoms with Crippen LogP contribution in [0.3, 0.4) is 0 Å². The summed E-state index contributed by atoms with van der Waals surface area (Å²) in [6.07, 6.45) is -2.69. The summed E-state index contributed by atoms with van der Waals surface area (Å²) < 4.78 is 81.4. The number of hydrogen-bond acceptors (Lipinski definition) is 8. The van der Waals surface area contributed by atoms with Gasteiger partial charge >= 0.3 is 6.18 Å². The molecule has 1 aliphatic heterocycles. The second-order valence-corrected chi connectivity index (χ2v) is 12.4. The summed E-state index contributed by atoms with van der Waals surface area (Å²) in [7, 11) is -1.92. The minimum Gasteiger partial charge on any atom is -0.489 e. The van der Waals surface area contributed by atoms with Gasteiger partial charge in [-0.25, -0.2) is 8.42 Å². The highest BCUT2D eigenvalue weighted by atomic mass is 32.2. The van der Waals surface area contributed by atoms with E-state index >= 15 is 0 Å². The third-order valence-electron chi connectivity index (χ3n) is 6.27. The Kier molecular flexibility index (Phi) is 9.84. The molecule has 0 radical (unpaired) electrons. The molecule has 12 heteroatoms. The van der Waals surface area contributed by atoms with Crippen molar-refractivity contribution < 1.29 is 35.8 Å². The molecule has 0 spiro atoms. The van der Waals surface area contributed by atoms with Crippen LogP contribution in [-0.4, -0.2) is 67.0 Å². The largest absolute Gasteiger partial charge is 0.489 e. The summed E-state index contributed by atoms with van der Waals surface area (Å²) in [4.78, 5) is 0.461. The molecule has 3 aromatic rings. The number of hydrogen-bond donors (Lipinski definition) is 2. The Labute approximate surface area is 235 Å². The highest BCUT2D eigenvalue weighted by Gasteiger charge is 2.31. The Morgan fingerprint density at radius 1 is 1.12 bits per heavy atom. The Bertz CT molecular complexity index is 1490. The van der Waals surface area contributed by atoms with E-state index in [2.05, 4.69) is 22.5 Å². The smallest absolute Gasteiger partial charge is 0.393 e. The van der Waals surface area contributed by atoms with Crippen LogP contribution in [-0.2, 0) is 25.7 Å². The van der Waals surface area contributed by atoms with Crippen molar-refractivity contribution in [2.24, 2.45) is 0 Å². The molecule has 0 amide bonds. The van der Waals surface area contributed by atoms with Crippen molar-refractivity contribution >= 4 is 42.6 Å². The number of anilines is 2. The van der Waals surface area contributed by atoms with E-state index < -0.39 is 22.4 Å². The van der Waals surface area contributed by atoms with Crippen LogP contribution in [0.5, 0.6) is 5.75 Å². The summed E-state index contributed by atoms with van der Waals surface area (Å²) in [5.41, 5.74) is 1.47. The first kappa shape index (κ1) is 30.0. The number of halogens is 3. The van der Waals surface area contributed by atoms with E-state index in [-0.39, 0.29) is 29.7 Å². The number of rotatable bonds is 10. The van der Waals surface area contributed by atoms with Gasteiger partial charge in [-0.3, -0.25) is 0 Å². The maximum absolute atomic E-state index is 13.5. The molecule has 0 aliphatic carbocycles. The molecule has 2 N–H and O–H groups in total. The van der Waals surface area contributed by atoms with Gasteiger partial charge in [-0.15, -0.1) is 11.3 Å². The third-order valence-corrected chi connectivity index (χ3v) is 8.58. The second-order valence-electron chi connectivity index (χ2n) is 9.34. The van der Waals surface area contributed by atoms with Gasteiger partial charge in [0.1, 0.15) is 12.4 Å². The molecule has 1 fully saturated rings. The fourth-order valence-electron chi connectivity index (χ4n) is 4.32. The Balaban J connectivity index is 1.59. The minimum atomic E-state index is -4.39. The normalized spacial score (nSPS) is 14.5. The molecule has 1 aromatic heterocycles. The third kappa shape index (κ3) is 8.04. The summed E-state index contributed by atoms with van der Waals surface area (Å²) >= 11 is 1.25. The van der Waals surface area contributed by atoms with Crippen molar-refractivity contribution in [1.29, 1.82) is 0 Å². The first-order valence-electron chi connectivity index (χ1n) is 12.7. The number of alkyl halides is 3. The lowest BCUT2D eigenvalue weighted by Crippen LogP contribution is -2.27. The number of nitrogens with one attached hydrogen (secondary N) is 2. The summed E-state index contributed by atoms with van der Waals surface area (Å²) in [5, 5.41) is 7.10. The predicted molar refractivity (Wildman–Crippen MR) is 151 cm³/mol. The van der Waals surface area contributed by atoms with Gasteiger partial charge in [0, 0.05) is 38.7 Å². The Morgan fingerprint density at radius 3 is 2.60 bits per heavy atom.